The fourth-order valence-corrected chi connectivity index (χ4v) is 4.84. The first-order valence-corrected chi connectivity index (χ1v) is 11.4. The van der Waals surface area contributed by atoms with Crippen molar-refractivity contribution < 1.29 is 9.90 Å². The number of rotatable bonds is 4. The molecule has 1 saturated heterocycles. The first-order valence-electron chi connectivity index (χ1n) is 11.4. The first-order chi connectivity index (χ1) is 15.3. The lowest BCUT2D eigenvalue weighted by Crippen LogP contribution is -2.44. The summed E-state index contributed by atoms with van der Waals surface area (Å²) < 4.78 is 2.40. The third-order valence-electron chi connectivity index (χ3n) is 6.43. The van der Waals surface area contributed by atoms with Crippen molar-refractivity contribution in [3.05, 3.63) is 59.7 Å². The summed E-state index contributed by atoms with van der Waals surface area (Å²) in [5.74, 6) is 1.88. The van der Waals surface area contributed by atoms with Crippen molar-refractivity contribution in [1.29, 1.82) is 0 Å². The van der Waals surface area contributed by atoms with E-state index in [1.54, 1.807) is 0 Å². The van der Waals surface area contributed by atoms with E-state index in [1.807, 2.05) is 0 Å². The van der Waals surface area contributed by atoms with Crippen molar-refractivity contribution in [2.24, 2.45) is 0 Å². The van der Waals surface area contributed by atoms with Crippen LogP contribution >= 0.6 is 0 Å². The molecule has 1 aliphatic carbocycles. The Balaban J connectivity index is 0.000000730. The number of benzene rings is 2. The second kappa shape index (κ2) is 10.4. The number of piperazine rings is 1. The van der Waals surface area contributed by atoms with Gasteiger partial charge in [0.1, 0.15) is 0 Å². The summed E-state index contributed by atoms with van der Waals surface area (Å²) in [7, 11) is 0. The number of fused-ring (bicyclic) bond motifs is 1. The van der Waals surface area contributed by atoms with Gasteiger partial charge in [0, 0.05) is 26.2 Å². The molecule has 0 spiro atoms. The Morgan fingerprint density at radius 3 is 2.39 bits per heavy atom. The Labute approximate surface area is 183 Å². The number of hydrogen-bond donors (Lipinski definition) is 2. The number of nitrogens with one attached hydrogen (secondary N) is 1. The molecule has 2 heterocycles. The van der Waals surface area contributed by atoms with Gasteiger partial charge in [-0.05, 0) is 42.0 Å². The van der Waals surface area contributed by atoms with E-state index in [2.05, 4.69) is 63.3 Å². The van der Waals surface area contributed by atoms with E-state index in [9.17, 15) is 0 Å². The Morgan fingerprint density at radius 2 is 1.68 bits per heavy atom. The number of aromatic nitrogens is 2. The van der Waals surface area contributed by atoms with Crippen LogP contribution in [0.15, 0.2) is 48.5 Å². The van der Waals surface area contributed by atoms with Crippen LogP contribution in [-0.2, 0) is 11.3 Å². The highest BCUT2D eigenvalue weighted by molar-refractivity contribution is 5.79. The molecule has 164 valence electrons. The van der Waals surface area contributed by atoms with Gasteiger partial charge in [0.2, 0.25) is 5.95 Å². The highest BCUT2D eigenvalue weighted by atomic mass is 16.3. The summed E-state index contributed by atoms with van der Waals surface area (Å²) in [6.45, 7) is 4.72. The van der Waals surface area contributed by atoms with Crippen molar-refractivity contribution >= 4 is 23.5 Å². The summed E-state index contributed by atoms with van der Waals surface area (Å²) in [6.07, 6.45) is 6.91. The fourth-order valence-electron chi connectivity index (χ4n) is 4.84. The van der Waals surface area contributed by atoms with Crippen molar-refractivity contribution in [2.75, 3.05) is 31.1 Å². The van der Waals surface area contributed by atoms with Crippen molar-refractivity contribution in [3.63, 3.8) is 0 Å². The molecule has 0 unspecified atom stereocenters. The third kappa shape index (κ3) is 5.07. The van der Waals surface area contributed by atoms with E-state index >= 15 is 0 Å². The molecule has 5 rings (SSSR count). The zero-order chi connectivity index (χ0) is 21.5. The van der Waals surface area contributed by atoms with E-state index in [-0.39, 0.29) is 6.47 Å². The Morgan fingerprint density at radius 1 is 1.00 bits per heavy atom. The van der Waals surface area contributed by atoms with Gasteiger partial charge in [-0.25, -0.2) is 4.98 Å². The molecule has 0 bridgehead atoms. The van der Waals surface area contributed by atoms with E-state index < -0.39 is 0 Å². The predicted molar refractivity (Wildman–Crippen MR) is 125 cm³/mol. The van der Waals surface area contributed by atoms with Crippen molar-refractivity contribution in [3.8, 4) is 0 Å². The van der Waals surface area contributed by atoms with E-state index in [4.69, 9.17) is 14.9 Å². The Kier molecular flexibility index (Phi) is 7.20. The maximum absolute atomic E-state index is 8.36. The number of hydrogen-bond acceptors (Lipinski definition) is 4. The molecule has 1 aromatic heterocycles. The van der Waals surface area contributed by atoms with Gasteiger partial charge < -0.3 is 19.9 Å². The summed E-state index contributed by atoms with van der Waals surface area (Å²) in [5, 5.41) is 10.3. The average Bonchev–Trinajstić information content (AvgIpc) is 3.20. The molecule has 0 radical (unpaired) electrons. The molecule has 0 atom stereocenters. The molecule has 3 aromatic rings. The van der Waals surface area contributed by atoms with E-state index in [1.165, 1.54) is 48.7 Å². The number of carbonyl (C=O) groups is 1. The zero-order valence-corrected chi connectivity index (χ0v) is 18.0. The summed E-state index contributed by atoms with van der Waals surface area (Å²) in [6, 6.07) is 17.9. The molecule has 0 amide bonds. The molecule has 31 heavy (non-hydrogen) atoms. The molecule has 6 nitrogen and oxygen atoms in total. The quantitative estimate of drug-likeness (QED) is 0.618. The largest absolute Gasteiger partial charge is 0.483 e. The van der Waals surface area contributed by atoms with Crippen molar-refractivity contribution in [2.45, 2.75) is 44.6 Å². The number of anilines is 1. The molecule has 1 aliphatic heterocycles. The van der Waals surface area contributed by atoms with Crippen LogP contribution in [0.2, 0.25) is 0 Å². The van der Waals surface area contributed by atoms with Gasteiger partial charge in [0.15, 0.2) is 0 Å². The van der Waals surface area contributed by atoms with Crippen LogP contribution in [0.25, 0.3) is 11.0 Å². The summed E-state index contributed by atoms with van der Waals surface area (Å²) >= 11 is 0. The maximum Gasteiger partial charge on any atom is 0.290 e. The minimum atomic E-state index is -0.250. The first kappa shape index (κ1) is 21.4. The van der Waals surface area contributed by atoms with Crippen LogP contribution in [-0.4, -0.2) is 47.3 Å². The van der Waals surface area contributed by atoms with Crippen LogP contribution in [0.1, 0.15) is 49.1 Å². The van der Waals surface area contributed by atoms with Crippen LogP contribution < -0.4 is 10.2 Å². The third-order valence-corrected chi connectivity index (χ3v) is 6.43. The normalized spacial score (nSPS) is 17.2. The molecular formula is C25H32N4O2. The van der Waals surface area contributed by atoms with E-state index in [0.717, 1.165) is 50.1 Å². The number of para-hydroxylation sites is 2. The second-order valence-corrected chi connectivity index (χ2v) is 8.41. The topological polar surface area (TPSA) is 70.4 Å². The van der Waals surface area contributed by atoms with Gasteiger partial charge >= 0.3 is 0 Å². The highest BCUT2D eigenvalue weighted by Crippen LogP contribution is 2.33. The van der Waals surface area contributed by atoms with Crippen LogP contribution in [0.5, 0.6) is 0 Å². The summed E-state index contributed by atoms with van der Waals surface area (Å²) in [5.41, 5.74) is 5.21. The Bertz CT molecular complexity index is 971. The van der Waals surface area contributed by atoms with E-state index in [0.29, 0.717) is 0 Å². The number of carboxylic acid groups (broad SMARTS) is 1. The smallest absolute Gasteiger partial charge is 0.290 e. The molecule has 2 fully saturated rings. The van der Waals surface area contributed by atoms with Gasteiger partial charge in [-0.15, -0.1) is 0 Å². The number of imidazole rings is 1. The predicted octanol–water partition coefficient (Wildman–Crippen LogP) is 4.24. The summed E-state index contributed by atoms with van der Waals surface area (Å²) in [4.78, 5) is 15.8. The lowest BCUT2D eigenvalue weighted by Gasteiger charge is -2.29. The fraction of sp³-hybridized carbons (Fsp3) is 0.440. The SMILES string of the molecule is O=CO.c1ccc2c(c1)nc(N1CCNCC1)n2Cc1ccc(C2CCCCC2)cc1. The lowest BCUT2D eigenvalue weighted by atomic mass is 9.84. The molecule has 1 saturated carbocycles. The lowest BCUT2D eigenvalue weighted by molar-refractivity contribution is -0.122. The molecule has 2 N–H and O–H groups in total. The average molecular weight is 421 g/mol. The maximum atomic E-state index is 8.36. The highest BCUT2D eigenvalue weighted by Gasteiger charge is 2.19. The monoisotopic (exact) mass is 420 g/mol. The molecule has 2 aliphatic rings. The van der Waals surface area contributed by atoms with Gasteiger partial charge in [0.25, 0.3) is 6.47 Å². The van der Waals surface area contributed by atoms with Gasteiger partial charge in [-0.3, -0.25) is 4.79 Å². The van der Waals surface area contributed by atoms with Crippen molar-refractivity contribution in [1.82, 2.24) is 14.9 Å². The van der Waals surface area contributed by atoms with Crippen LogP contribution in [0.3, 0.4) is 0 Å². The van der Waals surface area contributed by atoms with Gasteiger partial charge in [0.05, 0.1) is 17.6 Å². The molecule has 2 aromatic carbocycles. The Hall–Kier alpha value is -2.86. The van der Waals surface area contributed by atoms with Crippen LogP contribution in [0, 0.1) is 0 Å². The zero-order valence-electron chi connectivity index (χ0n) is 18.0. The molecule has 6 heteroatoms. The minimum Gasteiger partial charge on any atom is -0.483 e. The second-order valence-electron chi connectivity index (χ2n) is 8.41. The number of nitrogens with zero attached hydrogens (tertiary/aromatic N) is 3. The van der Waals surface area contributed by atoms with Gasteiger partial charge in [-0.2, -0.15) is 0 Å². The molecular weight excluding hydrogens is 388 g/mol. The standard InChI is InChI=1S/C24H30N4.CH2O2/c1-2-6-20(7-3-1)21-12-10-19(11-13-21)18-28-23-9-5-4-8-22(23)26-24(28)27-16-14-25-15-17-27;2-1-3/h4-5,8-13,20,25H,1-3,6-7,14-18H2;1H,(H,2,3). The minimum absolute atomic E-state index is 0.250. The van der Waals surface area contributed by atoms with Gasteiger partial charge in [-0.1, -0.05) is 55.7 Å². The van der Waals surface area contributed by atoms with Crippen LogP contribution in [0.4, 0.5) is 5.95 Å².